The number of amides is 1. The lowest BCUT2D eigenvalue weighted by Gasteiger charge is -2.43. The molecule has 4 rings (SSSR count). The van der Waals surface area contributed by atoms with E-state index in [1.165, 1.54) is 11.3 Å². The molecule has 5 heteroatoms. The summed E-state index contributed by atoms with van der Waals surface area (Å²) >= 11 is 0. The largest absolute Gasteiger partial charge is 0.489 e. The van der Waals surface area contributed by atoms with Gasteiger partial charge in [0.2, 0.25) is 5.91 Å². The van der Waals surface area contributed by atoms with Crippen molar-refractivity contribution in [3.63, 3.8) is 0 Å². The summed E-state index contributed by atoms with van der Waals surface area (Å²) in [4.78, 5) is 17.6. The molecule has 1 saturated heterocycles. The van der Waals surface area contributed by atoms with Gasteiger partial charge in [-0.1, -0.05) is 42.5 Å². The Morgan fingerprint density at radius 1 is 1.03 bits per heavy atom. The maximum Gasteiger partial charge on any atom is 0.241 e. The van der Waals surface area contributed by atoms with E-state index in [9.17, 15) is 4.79 Å². The third-order valence-electron chi connectivity index (χ3n) is 6.29. The number of hydrogen-bond acceptors (Lipinski definition) is 4. The molecule has 0 spiro atoms. The van der Waals surface area contributed by atoms with Crippen molar-refractivity contribution in [1.82, 2.24) is 4.90 Å². The Bertz CT molecular complexity index is 1050. The van der Waals surface area contributed by atoms with Gasteiger partial charge in [0, 0.05) is 37.1 Å². The van der Waals surface area contributed by atoms with Gasteiger partial charge in [0.05, 0.1) is 6.04 Å². The molecule has 0 radical (unpaired) electrons. The van der Waals surface area contributed by atoms with E-state index in [1.807, 2.05) is 61.5 Å². The number of nitrogens with zero attached hydrogens (tertiary/aromatic N) is 2. The Balaban J connectivity index is 1.28. The van der Waals surface area contributed by atoms with E-state index < -0.39 is 0 Å². The molecule has 0 aliphatic carbocycles. The minimum absolute atomic E-state index is 0.0177. The van der Waals surface area contributed by atoms with Crippen LogP contribution in [0, 0.1) is 6.92 Å². The molecule has 2 atom stereocenters. The molecular formula is C28H33N3O2. The Labute approximate surface area is 197 Å². The summed E-state index contributed by atoms with van der Waals surface area (Å²) in [5, 5.41) is 3.06. The van der Waals surface area contributed by atoms with Crippen molar-refractivity contribution < 1.29 is 9.53 Å². The van der Waals surface area contributed by atoms with Gasteiger partial charge in [0.25, 0.3) is 0 Å². The van der Waals surface area contributed by atoms with E-state index in [1.54, 1.807) is 0 Å². The highest BCUT2D eigenvalue weighted by molar-refractivity contribution is 5.94. The van der Waals surface area contributed by atoms with Crippen molar-refractivity contribution >= 4 is 17.3 Å². The van der Waals surface area contributed by atoms with Gasteiger partial charge in [-0.3, -0.25) is 9.69 Å². The molecule has 0 saturated carbocycles. The number of rotatable bonds is 7. The van der Waals surface area contributed by atoms with Crippen molar-refractivity contribution in [2.45, 2.75) is 39.5 Å². The maximum atomic E-state index is 12.9. The highest BCUT2D eigenvalue weighted by Gasteiger charge is 2.29. The van der Waals surface area contributed by atoms with Crippen LogP contribution in [-0.2, 0) is 11.4 Å². The highest BCUT2D eigenvalue weighted by Crippen LogP contribution is 2.23. The number of carbonyl (C=O) groups is 1. The number of aryl methyl sites for hydroxylation is 1. The van der Waals surface area contributed by atoms with Gasteiger partial charge >= 0.3 is 0 Å². The molecule has 0 unspecified atom stereocenters. The molecule has 0 aromatic heterocycles. The van der Waals surface area contributed by atoms with Gasteiger partial charge in [-0.15, -0.1) is 0 Å². The lowest BCUT2D eigenvalue weighted by atomic mass is 10.1. The number of carbonyl (C=O) groups excluding carboxylic acids is 1. The van der Waals surface area contributed by atoms with Crippen molar-refractivity contribution in [3.8, 4) is 5.75 Å². The van der Waals surface area contributed by atoms with Crippen LogP contribution in [0.15, 0.2) is 78.9 Å². The minimum atomic E-state index is -0.193. The number of anilines is 2. The molecular weight excluding hydrogens is 410 g/mol. The normalized spacial score (nSPS) is 17.4. The second kappa shape index (κ2) is 10.5. The minimum Gasteiger partial charge on any atom is -0.489 e. The van der Waals surface area contributed by atoms with Crippen molar-refractivity contribution in [2.75, 3.05) is 29.9 Å². The fraction of sp³-hybridized carbons (Fsp3) is 0.321. The summed E-state index contributed by atoms with van der Waals surface area (Å²) in [6.45, 7) is 9.49. The maximum absolute atomic E-state index is 12.9. The first-order valence-corrected chi connectivity index (χ1v) is 11.6. The average Bonchev–Trinajstić information content (AvgIpc) is 2.83. The van der Waals surface area contributed by atoms with E-state index in [0.29, 0.717) is 12.6 Å². The Morgan fingerprint density at radius 3 is 2.48 bits per heavy atom. The zero-order valence-corrected chi connectivity index (χ0v) is 19.7. The van der Waals surface area contributed by atoms with Crippen LogP contribution < -0.4 is 15.0 Å². The Hall–Kier alpha value is -3.31. The van der Waals surface area contributed by atoms with Crippen molar-refractivity contribution in [2.24, 2.45) is 0 Å². The van der Waals surface area contributed by atoms with Crippen LogP contribution >= 0.6 is 0 Å². The summed E-state index contributed by atoms with van der Waals surface area (Å²) in [7, 11) is 0. The lowest BCUT2D eigenvalue weighted by Crippen LogP contribution is -2.56. The van der Waals surface area contributed by atoms with Gasteiger partial charge in [-0.25, -0.2) is 0 Å². The van der Waals surface area contributed by atoms with E-state index >= 15 is 0 Å². The summed E-state index contributed by atoms with van der Waals surface area (Å²) in [6.07, 6.45) is 0. The number of hydrogen-bond donors (Lipinski definition) is 1. The topological polar surface area (TPSA) is 44.8 Å². The van der Waals surface area contributed by atoms with Gasteiger partial charge < -0.3 is 15.0 Å². The van der Waals surface area contributed by atoms with E-state index in [0.717, 1.165) is 36.6 Å². The molecule has 1 amide bonds. The fourth-order valence-corrected chi connectivity index (χ4v) is 4.32. The predicted octanol–water partition coefficient (Wildman–Crippen LogP) is 5.11. The molecule has 1 N–H and O–H groups in total. The molecule has 5 nitrogen and oxygen atoms in total. The third-order valence-corrected chi connectivity index (χ3v) is 6.29. The van der Waals surface area contributed by atoms with Crippen LogP contribution in [0.3, 0.4) is 0 Å². The first-order chi connectivity index (χ1) is 16.0. The summed E-state index contributed by atoms with van der Waals surface area (Å²) in [6, 6.07) is 26.4. The molecule has 1 aliphatic rings. The van der Waals surface area contributed by atoms with Crippen LogP contribution in [-0.4, -0.2) is 42.5 Å². The smallest absolute Gasteiger partial charge is 0.241 e. The first-order valence-electron chi connectivity index (χ1n) is 11.6. The van der Waals surface area contributed by atoms with Crippen LogP contribution in [0.4, 0.5) is 11.4 Å². The molecule has 0 bridgehead atoms. The molecule has 1 heterocycles. The highest BCUT2D eigenvalue weighted by atomic mass is 16.5. The molecule has 3 aromatic carbocycles. The van der Waals surface area contributed by atoms with Crippen molar-refractivity contribution in [3.05, 3.63) is 90.0 Å². The first kappa shape index (κ1) is 22.9. The average molecular weight is 444 g/mol. The second-order valence-corrected chi connectivity index (χ2v) is 8.84. The Morgan fingerprint density at radius 2 is 1.79 bits per heavy atom. The van der Waals surface area contributed by atoms with Gasteiger partial charge in [0.1, 0.15) is 12.4 Å². The molecule has 3 aromatic rings. The molecule has 1 fully saturated rings. The number of nitrogens with one attached hydrogen (secondary N) is 1. The third kappa shape index (κ3) is 5.93. The quantitative estimate of drug-likeness (QED) is 0.551. The second-order valence-electron chi connectivity index (χ2n) is 8.84. The van der Waals surface area contributed by atoms with Gasteiger partial charge in [-0.2, -0.15) is 0 Å². The van der Waals surface area contributed by atoms with E-state index in [2.05, 4.69) is 53.2 Å². The SMILES string of the molecule is Cc1cccc(N2CCN([C@H](C)C(=O)Nc3ccc(OCc4ccccc4)cc3)C[C@@H]2C)c1. The zero-order chi connectivity index (χ0) is 23.2. The summed E-state index contributed by atoms with van der Waals surface area (Å²) in [5.74, 6) is 0.801. The number of piperazine rings is 1. The lowest BCUT2D eigenvalue weighted by molar-refractivity contribution is -0.121. The van der Waals surface area contributed by atoms with E-state index in [4.69, 9.17) is 4.74 Å². The molecule has 33 heavy (non-hydrogen) atoms. The molecule has 1 aliphatic heterocycles. The monoisotopic (exact) mass is 443 g/mol. The fourth-order valence-electron chi connectivity index (χ4n) is 4.32. The predicted molar refractivity (Wildman–Crippen MR) is 135 cm³/mol. The van der Waals surface area contributed by atoms with E-state index in [-0.39, 0.29) is 11.9 Å². The van der Waals surface area contributed by atoms with Gasteiger partial charge in [-0.05, 0) is 68.3 Å². The van der Waals surface area contributed by atoms with Crippen LogP contribution in [0.5, 0.6) is 5.75 Å². The van der Waals surface area contributed by atoms with Crippen molar-refractivity contribution in [1.29, 1.82) is 0 Å². The summed E-state index contributed by atoms with van der Waals surface area (Å²) in [5.41, 5.74) is 4.44. The van der Waals surface area contributed by atoms with Crippen LogP contribution in [0.25, 0.3) is 0 Å². The Kier molecular flexibility index (Phi) is 7.30. The van der Waals surface area contributed by atoms with Crippen LogP contribution in [0.1, 0.15) is 25.0 Å². The van der Waals surface area contributed by atoms with Gasteiger partial charge in [0.15, 0.2) is 0 Å². The number of benzene rings is 3. The zero-order valence-electron chi connectivity index (χ0n) is 19.7. The number of ether oxygens (including phenoxy) is 1. The van der Waals surface area contributed by atoms with Crippen LogP contribution in [0.2, 0.25) is 0 Å². The standard InChI is InChI=1S/C28H33N3O2/c1-21-8-7-11-26(18-21)31-17-16-30(19-22(31)2)23(3)28(32)29-25-12-14-27(15-13-25)33-20-24-9-5-4-6-10-24/h4-15,18,22-23H,16-17,19-20H2,1-3H3,(H,29,32)/t22-,23+/m0/s1. The molecule has 172 valence electrons. The summed E-state index contributed by atoms with van der Waals surface area (Å²) < 4.78 is 5.83.